The molecule has 4 heteroatoms. The highest BCUT2D eigenvalue weighted by Crippen LogP contribution is 2.25. The Labute approximate surface area is 81.5 Å². The van der Waals surface area contributed by atoms with Crippen molar-refractivity contribution in [3.63, 3.8) is 0 Å². The van der Waals surface area contributed by atoms with Gasteiger partial charge in [-0.2, -0.15) is 0 Å². The van der Waals surface area contributed by atoms with Gasteiger partial charge in [-0.3, -0.25) is 10.1 Å². The number of benzene rings is 1. The smallest absolute Gasteiger partial charge is 0.258 e. The van der Waals surface area contributed by atoms with Crippen LogP contribution in [0.15, 0.2) is 18.2 Å². The predicted octanol–water partition coefficient (Wildman–Crippen LogP) is 3.20. The van der Waals surface area contributed by atoms with E-state index in [2.05, 4.69) is 6.92 Å². The molecule has 70 valence electrons. The summed E-state index contributed by atoms with van der Waals surface area (Å²) in [5.74, 6) is 0. The molecule has 0 saturated carbocycles. The zero-order valence-electron chi connectivity index (χ0n) is 7.29. The summed E-state index contributed by atoms with van der Waals surface area (Å²) in [5.41, 5.74) is 1.01. The Balaban J connectivity index is 2.98. The lowest BCUT2D eigenvalue weighted by atomic mass is 10.1. The number of nitro groups is 1. The number of rotatable bonds is 3. The van der Waals surface area contributed by atoms with Crippen LogP contribution in [0.4, 0.5) is 5.69 Å². The van der Waals surface area contributed by atoms with E-state index in [0.29, 0.717) is 0 Å². The summed E-state index contributed by atoms with van der Waals surface area (Å²) in [6, 6.07) is 4.85. The molecule has 0 atom stereocenters. The Kier molecular flexibility index (Phi) is 3.25. The Morgan fingerprint density at radius 2 is 2.23 bits per heavy atom. The Hall–Kier alpha value is -1.09. The maximum atomic E-state index is 10.4. The maximum absolute atomic E-state index is 10.4. The molecule has 0 spiro atoms. The second kappa shape index (κ2) is 4.23. The maximum Gasteiger partial charge on any atom is 0.287 e. The van der Waals surface area contributed by atoms with Gasteiger partial charge in [-0.05, 0) is 18.1 Å². The van der Waals surface area contributed by atoms with Crippen molar-refractivity contribution in [3.05, 3.63) is 38.9 Å². The molecule has 0 heterocycles. The highest BCUT2D eigenvalue weighted by atomic mass is 35.5. The van der Waals surface area contributed by atoms with Crippen molar-refractivity contribution in [2.24, 2.45) is 0 Å². The first-order chi connectivity index (χ1) is 6.15. The van der Waals surface area contributed by atoms with Crippen molar-refractivity contribution in [1.29, 1.82) is 0 Å². The molecule has 13 heavy (non-hydrogen) atoms. The standard InChI is InChI=1S/C9H10ClNO2/c1-2-3-7-4-5-9(11(12)13)8(10)6-7/h4-6H,2-3H2,1H3. The topological polar surface area (TPSA) is 43.1 Å². The van der Waals surface area contributed by atoms with Crippen LogP contribution in [-0.4, -0.2) is 4.92 Å². The molecule has 0 N–H and O–H groups in total. The molecule has 0 unspecified atom stereocenters. The lowest BCUT2D eigenvalue weighted by Gasteiger charge is -1.99. The summed E-state index contributed by atoms with van der Waals surface area (Å²) in [6.07, 6.45) is 1.91. The fourth-order valence-electron chi connectivity index (χ4n) is 1.14. The van der Waals surface area contributed by atoms with Crippen molar-refractivity contribution >= 4 is 17.3 Å². The van der Waals surface area contributed by atoms with Crippen LogP contribution in [0.1, 0.15) is 18.9 Å². The molecular formula is C9H10ClNO2. The zero-order chi connectivity index (χ0) is 9.84. The number of hydrogen-bond acceptors (Lipinski definition) is 2. The molecule has 3 nitrogen and oxygen atoms in total. The second-order valence-electron chi connectivity index (χ2n) is 2.79. The van der Waals surface area contributed by atoms with Gasteiger partial charge >= 0.3 is 0 Å². The number of aryl methyl sites for hydroxylation is 1. The third-order valence-electron chi connectivity index (χ3n) is 1.75. The first kappa shape index (κ1) is 9.99. The first-order valence-electron chi connectivity index (χ1n) is 4.08. The summed E-state index contributed by atoms with van der Waals surface area (Å²) in [4.78, 5) is 9.94. The monoisotopic (exact) mass is 199 g/mol. The van der Waals surface area contributed by atoms with Crippen LogP contribution < -0.4 is 0 Å². The molecule has 0 amide bonds. The summed E-state index contributed by atoms with van der Waals surface area (Å²) in [5, 5.41) is 10.6. The molecule has 0 aliphatic carbocycles. The van der Waals surface area contributed by atoms with Crippen LogP contribution in [0.5, 0.6) is 0 Å². The van der Waals surface area contributed by atoms with Gasteiger partial charge in [0.05, 0.1) is 4.92 Å². The summed E-state index contributed by atoms with van der Waals surface area (Å²) >= 11 is 5.72. The summed E-state index contributed by atoms with van der Waals surface area (Å²) in [7, 11) is 0. The van der Waals surface area contributed by atoms with Crippen molar-refractivity contribution in [1.82, 2.24) is 0 Å². The lowest BCUT2D eigenvalue weighted by Crippen LogP contribution is -1.90. The van der Waals surface area contributed by atoms with Gasteiger partial charge in [0.25, 0.3) is 5.69 Å². The van der Waals surface area contributed by atoms with E-state index in [9.17, 15) is 10.1 Å². The average molecular weight is 200 g/mol. The van der Waals surface area contributed by atoms with Gasteiger partial charge in [-0.1, -0.05) is 31.0 Å². The van der Waals surface area contributed by atoms with Crippen LogP contribution in [0.2, 0.25) is 5.02 Å². The molecule has 1 rings (SSSR count). The minimum atomic E-state index is -0.474. The van der Waals surface area contributed by atoms with E-state index in [-0.39, 0.29) is 10.7 Å². The summed E-state index contributed by atoms with van der Waals surface area (Å²) in [6.45, 7) is 2.05. The molecule has 0 bridgehead atoms. The first-order valence-corrected chi connectivity index (χ1v) is 4.45. The van der Waals surface area contributed by atoms with E-state index >= 15 is 0 Å². The Bertz CT molecular complexity index is 325. The number of halogens is 1. The molecule has 0 saturated heterocycles. The second-order valence-corrected chi connectivity index (χ2v) is 3.20. The third kappa shape index (κ3) is 2.42. The van der Waals surface area contributed by atoms with Crippen molar-refractivity contribution < 1.29 is 4.92 Å². The van der Waals surface area contributed by atoms with E-state index < -0.39 is 4.92 Å². The molecule has 0 radical (unpaired) electrons. The molecule has 0 aromatic heterocycles. The van der Waals surface area contributed by atoms with E-state index in [4.69, 9.17) is 11.6 Å². The SMILES string of the molecule is CCCc1ccc([N+](=O)[O-])c(Cl)c1. The predicted molar refractivity (Wildman–Crippen MR) is 52.1 cm³/mol. The normalized spacial score (nSPS) is 10.0. The van der Waals surface area contributed by atoms with Crippen molar-refractivity contribution in [2.45, 2.75) is 19.8 Å². The highest BCUT2D eigenvalue weighted by Gasteiger charge is 2.11. The van der Waals surface area contributed by atoms with Gasteiger partial charge in [0.1, 0.15) is 5.02 Å². The third-order valence-corrected chi connectivity index (χ3v) is 2.05. The van der Waals surface area contributed by atoms with E-state index in [1.807, 2.05) is 0 Å². The molecular weight excluding hydrogens is 190 g/mol. The minimum Gasteiger partial charge on any atom is -0.258 e. The quantitative estimate of drug-likeness (QED) is 0.554. The van der Waals surface area contributed by atoms with Gasteiger partial charge < -0.3 is 0 Å². The van der Waals surface area contributed by atoms with Crippen LogP contribution >= 0.6 is 11.6 Å². The van der Waals surface area contributed by atoms with Crippen LogP contribution in [-0.2, 0) is 6.42 Å². The zero-order valence-corrected chi connectivity index (χ0v) is 8.04. The number of nitrogens with zero attached hydrogens (tertiary/aromatic N) is 1. The van der Waals surface area contributed by atoms with Gasteiger partial charge in [0.15, 0.2) is 0 Å². The molecule has 1 aromatic rings. The van der Waals surface area contributed by atoms with Crippen molar-refractivity contribution in [3.8, 4) is 0 Å². The number of hydrogen-bond donors (Lipinski definition) is 0. The Morgan fingerprint density at radius 1 is 1.54 bits per heavy atom. The molecule has 0 fully saturated rings. The average Bonchev–Trinajstić information content (AvgIpc) is 2.04. The van der Waals surface area contributed by atoms with Crippen molar-refractivity contribution in [2.75, 3.05) is 0 Å². The summed E-state index contributed by atoms with van der Waals surface area (Å²) < 4.78 is 0. The van der Waals surface area contributed by atoms with Gasteiger partial charge in [0.2, 0.25) is 0 Å². The fraction of sp³-hybridized carbons (Fsp3) is 0.333. The number of nitro benzene ring substituents is 1. The lowest BCUT2D eigenvalue weighted by molar-refractivity contribution is -0.384. The molecule has 0 aliphatic rings. The fourth-order valence-corrected chi connectivity index (χ4v) is 1.41. The van der Waals surface area contributed by atoms with E-state index in [1.165, 1.54) is 6.07 Å². The van der Waals surface area contributed by atoms with Gasteiger partial charge in [-0.25, -0.2) is 0 Å². The van der Waals surface area contributed by atoms with Crippen LogP contribution in [0.3, 0.4) is 0 Å². The van der Waals surface area contributed by atoms with E-state index in [1.54, 1.807) is 12.1 Å². The van der Waals surface area contributed by atoms with E-state index in [0.717, 1.165) is 18.4 Å². The molecule has 1 aromatic carbocycles. The highest BCUT2D eigenvalue weighted by molar-refractivity contribution is 6.32. The van der Waals surface area contributed by atoms with Crippen LogP contribution in [0.25, 0.3) is 0 Å². The Morgan fingerprint density at radius 3 is 2.69 bits per heavy atom. The van der Waals surface area contributed by atoms with Gasteiger partial charge in [-0.15, -0.1) is 0 Å². The largest absolute Gasteiger partial charge is 0.287 e. The van der Waals surface area contributed by atoms with Crippen LogP contribution in [0, 0.1) is 10.1 Å². The van der Waals surface area contributed by atoms with Gasteiger partial charge in [0, 0.05) is 6.07 Å². The molecule has 0 aliphatic heterocycles. The minimum absolute atomic E-state index is 0.0264.